The van der Waals surface area contributed by atoms with Crippen molar-refractivity contribution in [2.24, 2.45) is 11.8 Å². The first-order valence-corrected chi connectivity index (χ1v) is 10.6. The average Bonchev–Trinajstić information content (AvgIpc) is 2.67. The van der Waals surface area contributed by atoms with Crippen molar-refractivity contribution in [1.29, 1.82) is 0 Å². The zero-order valence-corrected chi connectivity index (χ0v) is 19.2. The summed E-state index contributed by atoms with van der Waals surface area (Å²) in [5, 5.41) is 0. The number of carbonyl (C=O) groups is 3. The SMILES string of the molecule is CC(C)OC(=O)C(C)C(C(=O)Cc1ccc(-c2ccccc2)cc1)C(=O)OC(C)(C)C. The van der Waals surface area contributed by atoms with Crippen LogP contribution in [0.4, 0.5) is 0 Å². The standard InChI is InChI=1S/C26H32O5/c1-17(2)30-24(28)18(3)23(25(29)31-26(4,5)6)22(27)16-19-12-14-21(15-13-19)20-10-8-7-9-11-20/h7-15,17-18,23H,16H2,1-6H3. The van der Waals surface area contributed by atoms with Gasteiger partial charge in [0.15, 0.2) is 5.78 Å². The van der Waals surface area contributed by atoms with Crippen LogP contribution in [0, 0.1) is 11.8 Å². The van der Waals surface area contributed by atoms with Crippen LogP contribution < -0.4 is 0 Å². The number of Topliss-reactive ketones (excluding diaryl/α,β-unsaturated/α-hetero) is 1. The lowest BCUT2D eigenvalue weighted by atomic mass is 9.86. The van der Waals surface area contributed by atoms with Gasteiger partial charge >= 0.3 is 11.9 Å². The molecule has 2 rings (SSSR count). The minimum absolute atomic E-state index is 0.0261. The van der Waals surface area contributed by atoms with Crippen LogP contribution in [0.25, 0.3) is 11.1 Å². The van der Waals surface area contributed by atoms with Gasteiger partial charge in [-0.25, -0.2) is 0 Å². The van der Waals surface area contributed by atoms with Crippen molar-refractivity contribution < 1.29 is 23.9 Å². The largest absolute Gasteiger partial charge is 0.463 e. The summed E-state index contributed by atoms with van der Waals surface area (Å²) in [7, 11) is 0. The highest BCUT2D eigenvalue weighted by atomic mass is 16.6. The molecule has 0 heterocycles. The molecule has 0 saturated heterocycles. The number of carbonyl (C=O) groups excluding carboxylic acids is 3. The second kappa shape index (κ2) is 10.4. The van der Waals surface area contributed by atoms with Crippen LogP contribution in [0.5, 0.6) is 0 Å². The Morgan fingerprint density at radius 1 is 0.806 bits per heavy atom. The van der Waals surface area contributed by atoms with E-state index in [4.69, 9.17) is 9.47 Å². The molecule has 2 aromatic rings. The van der Waals surface area contributed by atoms with Gasteiger partial charge in [0.25, 0.3) is 0 Å². The first kappa shape index (κ1) is 24.3. The van der Waals surface area contributed by atoms with Crippen LogP contribution in [0.1, 0.15) is 47.1 Å². The van der Waals surface area contributed by atoms with Crippen molar-refractivity contribution in [3.05, 3.63) is 60.2 Å². The van der Waals surface area contributed by atoms with Gasteiger partial charge in [-0.05, 0) is 51.3 Å². The fourth-order valence-electron chi connectivity index (χ4n) is 3.21. The second-order valence-corrected chi connectivity index (χ2v) is 8.99. The third-order valence-electron chi connectivity index (χ3n) is 4.67. The Kier molecular flexibility index (Phi) is 8.14. The van der Waals surface area contributed by atoms with E-state index in [0.717, 1.165) is 16.7 Å². The normalized spacial score (nSPS) is 13.4. The van der Waals surface area contributed by atoms with Crippen LogP contribution in [0.15, 0.2) is 54.6 Å². The Hall–Kier alpha value is -2.95. The maximum atomic E-state index is 13.1. The van der Waals surface area contributed by atoms with E-state index in [2.05, 4.69) is 0 Å². The van der Waals surface area contributed by atoms with Gasteiger partial charge in [0.2, 0.25) is 0 Å². The highest BCUT2D eigenvalue weighted by Gasteiger charge is 2.39. The molecule has 0 N–H and O–H groups in total. The first-order valence-electron chi connectivity index (χ1n) is 10.6. The van der Waals surface area contributed by atoms with Crippen molar-refractivity contribution in [1.82, 2.24) is 0 Å². The summed E-state index contributed by atoms with van der Waals surface area (Å²) in [5.74, 6) is -3.81. The predicted molar refractivity (Wildman–Crippen MR) is 120 cm³/mol. The highest BCUT2D eigenvalue weighted by molar-refractivity contribution is 6.03. The molecule has 0 bridgehead atoms. The maximum Gasteiger partial charge on any atom is 0.317 e. The van der Waals surface area contributed by atoms with Gasteiger partial charge in [-0.15, -0.1) is 0 Å². The smallest absolute Gasteiger partial charge is 0.317 e. The Balaban J connectivity index is 2.21. The number of esters is 2. The monoisotopic (exact) mass is 424 g/mol. The molecule has 0 aliphatic heterocycles. The Morgan fingerprint density at radius 2 is 1.35 bits per heavy atom. The number of ether oxygens (including phenoxy) is 2. The molecule has 0 fully saturated rings. The van der Waals surface area contributed by atoms with Gasteiger partial charge < -0.3 is 9.47 Å². The second-order valence-electron chi connectivity index (χ2n) is 8.99. The van der Waals surface area contributed by atoms with Gasteiger partial charge in [-0.3, -0.25) is 14.4 Å². The zero-order chi connectivity index (χ0) is 23.2. The van der Waals surface area contributed by atoms with E-state index in [1.807, 2.05) is 54.6 Å². The number of hydrogen-bond acceptors (Lipinski definition) is 5. The van der Waals surface area contributed by atoms with E-state index in [1.54, 1.807) is 34.6 Å². The van der Waals surface area contributed by atoms with E-state index >= 15 is 0 Å². The molecule has 0 aliphatic carbocycles. The topological polar surface area (TPSA) is 69.7 Å². The lowest BCUT2D eigenvalue weighted by Crippen LogP contribution is -2.40. The number of rotatable bonds is 8. The van der Waals surface area contributed by atoms with Gasteiger partial charge in [-0.1, -0.05) is 61.5 Å². The molecule has 0 amide bonds. The van der Waals surface area contributed by atoms with Crippen LogP contribution >= 0.6 is 0 Å². The molecular formula is C26H32O5. The molecule has 0 aliphatic rings. The Morgan fingerprint density at radius 3 is 1.87 bits per heavy atom. The molecule has 5 heteroatoms. The predicted octanol–water partition coefficient (Wildman–Crippen LogP) is 5.01. The summed E-state index contributed by atoms with van der Waals surface area (Å²) in [5.41, 5.74) is 2.11. The summed E-state index contributed by atoms with van der Waals surface area (Å²) < 4.78 is 10.7. The van der Waals surface area contributed by atoms with Gasteiger partial charge in [0.1, 0.15) is 11.5 Å². The summed E-state index contributed by atoms with van der Waals surface area (Å²) in [6, 6.07) is 17.5. The van der Waals surface area contributed by atoms with Crippen LogP contribution in [-0.4, -0.2) is 29.4 Å². The van der Waals surface area contributed by atoms with E-state index < -0.39 is 29.4 Å². The van der Waals surface area contributed by atoms with Crippen LogP contribution in [0.2, 0.25) is 0 Å². The van der Waals surface area contributed by atoms with Gasteiger partial charge in [0.05, 0.1) is 12.0 Å². The molecular weight excluding hydrogens is 392 g/mol. The average molecular weight is 425 g/mol. The minimum atomic E-state index is -1.22. The van der Waals surface area contributed by atoms with Crippen molar-refractivity contribution in [2.75, 3.05) is 0 Å². The fraction of sp³-hybridized carbons (Fsp3) is 0.423. The maximum absolute atomic E-state index is 13.1. The zero-order valence-electron chi connectivity index (χ0n) is 19.2. The van der Waals surface area contributed by atoms with Crippen LogP contribution in [0.3, 0.4) is 0 Å². The summed E-state index contributed by atoms with van der Waals surface area (Å²) in [6.45, 7) is 10.2. The van der Waals surface area contributed by atoms with E-state index in [0.29, 0.717) is 0 Å². The third kappa shape index (κ3) is 7.35. The third-order valence-corrected chi connectivity index (χ3v) is 4.67. The molecule has 5 nitrogen and oxygen atoms in total. The summed E-state index contributed by atoms with van der Waals surface area (Å²) in [6.07, 6.45) is -0.312. The molecule has 2 atom stereocenters. The number of hydrogen-bond donors (Lipinski definition) is 0. The van der Waals surface area contributed by atoms with E-state index in [-0.39, 0.29) is 18.3 Å². The lowest BCUT2D eigenvalue weighted by Gasteiger charge is -2.26. The quantitative estimate of drug-likeness (QED) is 0.440. The molecule has 2 unspecified atom stereocenters. The molecule has 0 aromatic heterocycles. The molecule has 2 aromatic carbocycles. The first-order chi connectivity index (χ1) is 14.5. The Bertz CT molecular complexity index is 892. The van der Waals surface area contributed by atoms with Crippen molar-refractivity contribution in [2.45, 2.75) is 59.7 Å². The van der Waals surface area contributed by atoms with E-state index in [1.165, 1.54) is 6.92 Å². The van der Waals surface area contributed by atoms with Crippen molar-refractivity contribution >= 4 is 17.7 Å². The van der Waals surface area contributed by atoms with Gasteiger partial charge in [0, 0.05) is 6.42 Å². The minimum Gasteiger partial charge on any atom is -0.463 e. The van der Waals surface area contributed by atoms with Crippen molar-refractivity contribution in [3.63, 3.8) is 0 Å². The lowest BCUT2D eigenvalue weighted by molar-refractivity contribution is -0.171. The number of benzene rings is 2. The van der Waals surface area contributed by atoms with E-state index in [9.17, 15) is 14.4 Å². The molecule has 0 saturated carbocycles. The summed E-state index contributed by atoms with van der Waals surface area (Å²) >= 11 is 0. The molecule has 0 spiro atoms. The van der Waals surface area contributed by atoms with Gasteiger partial charge in [-0.2, -0.15) is 0 Å². The molecule has 31 heavy (non-hydrogen) atoms. The molecule has 166 valence electrons. The fourth-order valence-corrected chi connectivity index (χ4v) is 3.21. The Labute approximate surface area is 184 Å². The summed E-state index contributed by atoms with van der Waals surface area (Å²) in [4.78, 5) is 38.4. The number of ketones is 1. The highest BCUT2D eigenvalue weighted by Crippen LogP contribution is 2.24. The molecule has 0 radical (unpaired) electrons. The van der Waals surface area contributed by atoms with Crippen LogP contribution in [-0.2, 0) is 30.3 Å². The van der Waals surface area contributed by atoms with Crippen molar-refractivity contribution in [3.8, 4) is 11.1 Å².